The Labute approximate surface area is 209 Å². The molecule has 1 heterocycles. The highest BCUT2D eigenvalue weighted by Gasteiger charge is 2.25. The molecule has 1 aromatic heterocycles. The molecule has 0 saturated heterocycles. The maximum absolute atomic E-state index is 12.8. The van der Waals surface area contributed by atoms with Gasteiger partial charge in [-0.25, -0.2) is 0 Å². The third kappa shape index (κ3) is 5.25. The highest BCUT2D eigenvalue weighted by Crippen LogP contribution is 2.37. The Kier molecular flexibility index (Phi) is 6.71. The first kappa shape index (κ1) is 23.6. The summed E-state index contributed by atoms with van der Waals surface area (Å²) >= 11 is 0. The van der Waals surface area contributed by atoms with Crippen molar-refractivity contribution in [3.05, 3.63) is 82.9 Å². The molecule has 184 valence electrons. The number of para-hydroxylation sites is 1. The maximum Gasteiger partial charge on any atom is 0.306 e. The second-order valence-corrected chi connectivity index (χ2v) is 9.14. The number of esters is 1. The van der Waals surface area contributed by atoms with Crippen molar-refractivity contribution in [1.29, 1.82) is 0 Å². The van der Waals surface area contributed by atoms with Gasteiger partial charge in [0.2, 0.25) is 5.91 Å². The van der Waals surface area contributed by atoms with Gasteiger partial charge in [0.15, 0.2) is 5.58 Å². The highest BCUT2D eigenvalue weighted by molar-refractivity contribution is 5.93. The normalized spacial score (nSPS) is 14.4. The number of carbonyl (C=O) groups excluding carboxylic acids is 2. The van der Waals surface area contributed by atoms with Crippen LogP contribution >= 0.6 is 0 Å². The lowest BCUT2D eigenvalue weighted by atomic mass is 9.97. The second-order valence-electron chi connectivity index (χ2n) is 9.14. The Morgan fingerprint density at radius 1 is 1.11 bits per heavy atom. The average molecular weight is 484 g/mol. The fourth-order valence-corrected chi connectivity index (χ4v) is 4.75. The summed E-state index contributed by atoms with van der Waals surface area (Å²) in [4.78, 5) is 29.3. The van der Waals surface area contributed by atoms with E-state index in [-0.39, 0.29) is 24.2 Å². The van der Waals surface area contributed by atoms with Crippen LogP contribution < -0.4 is 10.6 Å². The largest absolute Gasteiger partial charge is 0.466 e. The molecule has 1 unspecified atom stereocenters. The molecule has 0 saturated carbocycles. The number of nitrogens with one attached hydrogen (secondary N) is 2. The maximum atomic E-state index is 12.8. The fraction of sp³-hybridized carbons (Fsp3) is 0.276. The molecule has 1 aliphatic carbocycles. The number of hydrogen-bond donors (Lipinski definition) is 2. The van der Waals surface area contributed by atoms with E-state index in [1.54, 1.807) is 0 Å². The standard InChI is InChI=1S/C29H29N3O4/c1-3-35-28(34)16-21-10-9-20-11-12-22(17-23(20)21)30-27(33)15-19-8-13-25-26(14-19)36-29(32-25)31-24-7-5-4-6-18(24)2/h4-8,11-14,17,21H,3,9-10,15-16H2,1-2H3,(H,30,33)(H,31,32). The van der Waals surface area contributed by atoms with Gasteiger partial charge in [-0.05, 0) is 85.2 Å². The molecule has 7 heteroatoms. The lowest BCUT2D eigenvalue weighted by Crippen LogP contribution is -2.15. The van der Waals surface area contributed by atoms with Crippen LogP contribution in [0.25, 0.3) is 11.1 Å². The van der Waals surface area contributed by atoms with Crippen LogP contribution in [0, 0.1) is 6.92 Å². The smallest absolute Gasteiger partial charge is 0.306 e. The Morgan fingerprint density at radius 2 is 1.97 bits per heavy atom. The zero-order valence-corrected chi connectivity index (χ0v) is 20.5. The molecule has 7 nitrogen and oxygen atoms in total. The number of nitrogens with zero attached hydrogens (tertiary/aromatic N) is 1. The number of hydrogen-bond acceptors (Lipinski definition) is 6. The van der Waals surface area contributed by atoms with Gasteiger partial charge >= 0.3 is 5.97 Å². The molecule has 36 heavy (non-hydrogen) atoms. The van der Waals surface area contributed by atoms with Gasteiger partial charge in [-0.1, -0.05) is 30.3 Å². The van der Waals surface area contributed by atoms with E-state index in [9.17, 15) is 9.59 Å². The van der Waals surface area contributed by atoms with Gasteiger partial charge in [-0.15, -0.1) is 0 Å². The van der Waals surface area contributed by atoms with E-state index in [4.69, 9.17) is 9.15 Å². The number of benzene rings is 3. The summed E-state index contributed by atoms with van der Waals surface area (Å²) in [6.45, 7) is 4.22. The van der Waals surface area contributed by atoms with Crippen molar-refractivity contribution in [2.45, 2.75) is 45.4 Å². The average Bonchev–Trinajstić information content (AvgIpc) is 3.43. The SMILES string of the molecule is CCOC(=O)CC1CCc2ccc(NC(=O)Cc3ccc4nc(Nc5ccccc5C)oc4c3)cc21. The number of aromatic nitrogens is 1. The molecule has 4 aromatic rings. The minimum Gasteiger partial charge on any atom is -0.466 e. The molecule has 0 bridgehead atoms. The Morgan fingerprint density at radius 3 is 2.81 bits per heavy atom. The highest BCUT2D eigenvalue weighted by atomic mass is 16.5. The van der Waals surface area contributed by atoms with Crippen LogP contribution in [-0.4, -0.2) is 23.5 Å². The Balaban J connectivity index is 1.24. The van der Waals surface area contributed by atoms with Gasteiger partial charge in [-0.2, -0.15) is 4.98 Å². The van der Waals surface area contributed by atoms with E-state index in [1.165, 1.54) is 5.56 Å². The molecule has 1 amide bonds. The summed E-state index contributed by atoms with van der Waals surface area (Å²) in [6, 6.07) is 19.9. The van der Waals surface area contributed by atoms with Gasteiger partial charge in [-0.3, -0.25) is 9.59 Å². The molecule has 3 aromatic carbocycles. The number of oxazole rings is 1. The van der Waals surface area contributed by atoms with Crippen molar-refractivity contribution >= 4 is 40.4 Å². The summed E-state index contributed by atoms with van der Waals surface area (Å²) in [6.07, 6.45) is 2.44. The number of rotatable bonds is 8. The summed E-state index contributed by atoms with van der Waals surface area (Å²) in [7, 11) is 0. The first-order valence-electron chi connectivity index (χ1n) is 12.3. The van der Waals surface area contributed by atoms with Gasteiger partial charge in [0.05, 0.1) is 19.4 Å². The van der Waals surface area contributed by atoms with E-state index in [0.29, 0.717) is 24.6 Å². The van der Waals surface area contributed by atoms with E-state index in [1.807, 2.05) is 74.5 Å². The van der Waals surface area contributed by atoms with Crippen LogP contribution in [0.4, 0.5) is 17.4 Å². The second kappa shape index (κ2) is 10.2. The number of fused-ring (bicyclic) bond motifs is 2. The summed E-state index contributed by atoms with van der Waals surface area (Å²) < 4.78 is 11.0. The van der Waals surface area contributed by atoms with E-state index >= 15 is 0 Å². The molecule has 1 atom stereocenters. The number of carbonyl (C=O) groups is 2. The predicted octanol–water partition coefficient (Wildman–Crippen LogP) is 6.04. The van der Waals surface area contributed by atoms with Crippen LogP contribution in [0.3, 0.4) is 0 Å². The van der Waals surface area contributed by atoms with Crippen LogP contribution in [0.2, 0.25) is 0 Å². The molecule has 0 spiro atoms. The van der Waals surface area contributed by atoms with Crippen molar-refractivity contribution in [2.75, 3.05) is 17.2 Å². The Bertz CT molecular complexity index is 1430. The van der Waals surface area contributed by atoms with Gasteiger partial charge in [0.1, 0.15) is 5.52 Å². The topological polar surface area (TPSA) is 93.5 Å². The molecule has 0 fully saturated rings. The van der Waals surface area contributed by atoms with Crippen LogP contribution in [0.1, 0.15) is 47.9 Å². The minimum atomic E-state index is -0.176. The lowest BCUT2D eigenvalue weighted by molar-refractivity contribution is -0.143. The third-order valence-electron chi connectivity index (χ3n) is 6.55. The predicted molar refractivity (Wildman–Crippen MR) is 140 cm³/mol. The first-order chi connectivity index (χ1) is 17.5. The minimum absolute atomic E-state index is 0.119. The van der Waals surface area contributed by atoms with E-state index in [2.05, 4.69) is 15.6 Å². The van der Waals surface area contributed by atoms with Crippen LogP contribution in [0.5, 0.6) is 0 Å². The molecule has 0 aliphatic heterocycles. The molecule has 1 aliphatic rings. The Hall–Kier alpha value is -4.13. The number of ether oxygens (including phenoxy) is 1. The number of aryl methyl sites for hydroxylation is 2. The van der Waals surface area contributed by atoms with E-state index < -0.39 is 0 Å². The molecule has 0 radical (unpaired) electrons. The zero-order valence-electron chi connectivity index (χ0n) is 20.5. The van der Waals surface area contributed by atoms with Crippen LogP contribution in [0.15, 0.2) is 65.1 Å². The van der Waals surface area contributed by atoms with E-state index in [0.717, 1.165) is 46.4 Å². The molecular weight excluding hydrogens is 454 g/mol. The lowest BCUT2D eigenvalue weighted by Gasteiger charge is -2.13. The van der Waals surface area contributed by atoms with Crippen molar-refractivity contribution in [1.82, 2.24) is 4.98 Å². The van der Waals surface area contributed by atoms with Crippen LogP contribution in [-0.2, 0) is 27.2 Å². The van der Waals surface area contributed by atoms with Gasteiger partial charge in [0.25, 0.3) is 6.01 Å². The van der Waals surface area contributed by atoms with Crippen molar-refractivity contribution in [3.63, 3.8) is 0 Å². The number of anilines is 3. The fourth-order valence-electron chi connectivity index (χ4n) is 4.75. The molecule has 5 rings (SSSR count). The summed E-state index contributed by atoms with van der Waals surface area (Å²) in [5.41, 5.74) is 7.29. The summed E-state index contributed by atoms with van der Waals surface area (Å²) in [5, 5.41) is 6.21. The number of amides is 1. The van der Waals surface area contributed by atoms with Crippen molar-refractivity contribution in [2.24, 2.45) is 0 Å². The monoisotopic (exact) mass is 483 g/mol. The van der Waals surface area contributed by atoms with Crippen molar-refractivity contribution < 1.29 is 18.7 Å². The first-order valence-corrected chi connectivity index (χ1v) is 12.3. The van der Waals surface area contributed by atoms with Gasteiger partial charge < -0.3 is 19.8 Å². The van der Waals surface area contributed by atoms with Gasteiger partial charge in [0, 0.05) is 11.4 Å². The molecule has 2 N–H and O–H groups in total. The quantitative estimate of drug-likeness (QED) is 0.297. The zero-order chi connectivity index (χ0) is 25.1. The summed E-state index contributed by atoms with van der Waals surface area (Å²) in [5.74, 6) is -0.163. The van der Waals surface area contributed by atoms with Crippen molar-refractivity contribution in [3.8, 4) is 0 Å². The molecular formula is C29H29N3O4. The third-order valence-corrected chi connectivity index (χ3v) is 6.55.